The lowest BCUT2D eigenvalue weighted by Gasteiger charge is -2.39. The fraction of sp³-hybridized carbons (Fsp3) is 0.824. The minimum atomic E-state index is -0.946. The average molecular weight is 423 g/mol. The van der Waals surface area contributed by atoms with E-state index in [-0.39, 0.29) is 24.4 Å². The lowest BCUT2D eigenvalue weighted by Crippen LogP contribution is -2.56. The molecule has 0 aliphatic carbocycles. The predicted octanol–water partition coefficient (Wildman–Crippen LogP) is 2.44. The lowest BCUT2D eigenvalue weighted by atomic mass is 10.0. The molecule has 0 aromatic heterocycles. The molecule has 1 heterocycles. The van der Waals surface area contributed by atoms with Gasteiger partial charge in [0.1, 0.15) is 0 Å². The largest absolute Gasteiger partial charge is 0.456 e. The van der Waals surface area contributed by atoms with Gasteiger partial charge in [-0.05, 0) is 0 Å². The minimum absolute atomic E-state index is 0.0279. The van der Waals surface area contributed by atoms with E-state index in [2.05, 4.69) is 15.9 Å². The van der Waals surface area contributed by atoms with Gasteiger partial charge in [0.15, 0.2) is 23.3 Å². The van der Waals surface area contributed by atoms with Crippen molar-refractivity contribution in [2.75, 3.05) is 6.61 Å². The Morgan fingerprint density at radius 3 is 1.64 bits per heavy atom. The van der Waals surface area contributed by atoms with E-state index >= 15 is 0 Å². The van der Waals surface area contributed by atoms with Crippen LogP contribution in [0.15, 0.2) is 0 Å². The zero-order valence-corrected chi connectivity index (χ0v) is 17.1. The van der Waals surface area contributed by atoms with Gasteiger partial charge in [0.05, 0.1) is 24.4 Å². The Morgan fingerprint density at radius 2 is 1.20 bits per heavy atom. The molecule has 144 valence electrons. The molecule has 0 saturated carbocycles. The molecule has 0 spiro atoms. The number of ether oxygens (including phenoxy) is 4. The molecular formula is C17H27BrO7. The molecule has 0 bridgehead atoms. The van der Waals surface area contributed by atoms with Gasteiger partial charge in [-0.25, -0.2) is 0 Å². The fourth-order valence-corrected chi connectivity index (χ4v) is 2.49. The van der Waals surface area contributed by atoms with Crippen LogP contribution in [-0.2, 0) is 33.3 Å². The van der Waals surface area contributed by atoms with E-state index in [0.717, 1.165) is 0 Å². The molecule has 25 heavy (non-hydrogen) atoms. The molecule has 7 nitrogen and oxygen atoms in total. The average Bonchev–Trinajstić information content (AvgIpc) is 2.52. The first-order valence-electron chi connectivity index (χ1n) is 8.41. The molecule has 0 unspecified atom stereocenters. The second-order valence-electron chi connectivity index (χ2n) is 6.93. The first kappa shape index (κ1) is 21.9. The molecule has 1 rings (SSSR count). The molecule has 8 heteroatoms. The second kappa shape index (κ2) is 9.52. The van der Waals surface area contributed by atoms with Crippen molar-refractivity contribution in [2.45, 2.75) is 64.9 Å². The number of hydrogen-bond acceptors (Lipinski definition) is 7. The summed E-state index contributed by atoms with van der Waals surface area (Å²) in [4.78, 5) is 36.1. The highest BCUT2D eigenvalue weighted by Gasteiger charge is 2.47. The normalized spacial score (nSPS) is 26.6. The van der Waals surface area contributed by atoms with Gasteiger partial charge in [-0.1, -0.05) is 57.5 Å². The second-order valence-corrected chi connectivity index (χ2v) is 7.83. The summed E-state index contributed by atoms with van der Waals surface area (Å²) in [5, 5.41) is -0.672. The van der Waals surface area contributed by atoms with Crippen LogP contribution in [-0.4, -0.2) is 47.8 Å². The standard InChI is InChI=1S/C17H27BrO7/c1-8(2)15(19)23-11-7-22-14(18)13(25-17(21)10(5)6)12(11)24-16(20)9(3)4/h8-14H,7H2,1-6H3/t11-,12+,13-,14+/m1/s1. The maximum atomic E-state index is 12.1. The Labute approximate surface area is 156 Å². The summed E-state index contributed by atoms with van der Waals surface area (Å²) < 4.78 is 21.9. The zero-order chi connectivity index (χ0) is 19.3. The van der Waals surface area contributed by atoms with Gasteiger partial charge in [-0.3, -0.25) is 14.4 Å². The number of halogens is 1. The quantitative estimate of drug-likeness (QED) is 0.368. The van der Waals surface area contributed by atoms with Crippen molar-refractivity contribution in [3.8, 4) is 0 Å². The van der Waals surface area contributed by atoms with Gasteiger partial charge < -0.3 is 18.9 Å². The number of alkyl halides is 1. The van der Waals surface area contributed by atoms with Crippen LogP contribution in [0.3, 0.4) is 0 Å². The Balaban J connectivity index is 3.03. The van der Waals surface area contributed by atoms with Crippen LogP contribution in [0.25, 0.3) is 0 Å². The summed E-state index contributed by atoms with van der Waals surface area (Å²) in [7, 11) is 0. The van der Waals surface area contributed by atoms with Gasteiger partial charge in [-0.2, -0.15) is 0 Å². The van der Waals surface area contributed by atoms with Gasteiger partial charge in [0.2, 0.25) is 0 Å². The third kappa shape index (κ3) is 6.26. The molecule has 4 atom stereocenters. The van der Waals surface area contributed by atoms with Gasteiger partial charge in [0.25, 0.3) is 0 Å². The Bertz CT molecular complexity index is 489. The highest BCUT2D eigenvalue weighted by molar-refractivity contribution is 9.09. The molecule has 0 aromatic rings. The zero-order valence-electron chi connectivity index (χ0n) is 15.5. The van der Waals surface area contributed by atoms with Crippen molar-refractivity contribution in [3.05, 3.63) is 0 Å². The van der Waals surface area contributed by atoms with Crippen LogP contribution in [0, 0.1) is 17.8 Å². The van der Waals surface area contributed by atoms with Gasteiger partial charge >= 0.3 is 17.9 Å². The maximum absolute atomic E-state index is 12.1. The highest BCUT2D eigenvalue weighted by atomic mass is 79.9. The highest BCUT2D eigenvalue weighted by Crippen LogP contribution is 2.29. The van der Waals surface area contributed by atoms with Crippen molar-refractivity contribution < 1.29 is 33.3 Å². The number of carbonyl (C=O) groups excluding carboxylic acids is 3. The van der Waals surface area contributed by atoms with Gasteiger partial charge in [0, 0.05) is 0 Å². The van der Waals surface area contributed by atoms with E-state index in [1.165, 1.54) is 0 Å². The SMILES string of the molecule is CC(C)C(=O)O[C@@H]1[C@@H](OC(=O)C(C)C)[C@H](OC(=O)C(C)C)CO[C@@H]1Br. The third-order valence-corrected chi connectivity index (χ3v) is 4.34. The minimum Gasteiger partial charge on any atom is -0.456 e. The summed E-state index contributed by atoms with van der Waals surface area (Å²) in [6.45, 7) is 10.2. The lowest BCUT2D eigenvalue weighted by molar-refractivity contribution is -0.218. The Kier molecular flexibility index (Phi) is 8.34. The Hall–Kier alpha value is -1.15. The van der Waals surface area contributed by atoms with Crippen LogP contribution in [0.4, 0.5) is 0 Å². The predicted molar refractivity (Wildman–Crippen MR) is 92.8 cm³/mol. The molecule has 0 amide bonds. The van der Waals surface area contributed by atoms with Crippen molar-refractivity contribution in [3.63, 3.8) is 0 Å². The van der Waals surface area contributed by atoms with Crippen LogP contribution in [0.2, 0.25) is 0 Å². The van der Waals surface area contributed by atoms with Gasteiger partial charge in [-0.15, -0.1) is 0 Å². The summed E-state index contributed by atoms with van der Waals surface area (Å²) in [5.74, 6) is -2.46. The molecule has 0 radical (unpaired) electrons. The van der Waals surface area contributed by atoms with Crippen molar-refractivity contribution in [1.82, 2.24) is 0 Å². The van der Waals surface area contributed by atoms with Crippen LogP contribution >= 0.6 is 15.9 Å². The third-order valence-electron chi connectivity index (χ3n) is 3.55. The fourth-order valence-electron chi connectivity index (χ4n) is 1.93. The summed E-state index contributed by atoms with van der Waals surface area (Å²) >= 11 is 3.29. The number of hydrogen-bond donors (Lipinski definition) is 0. The Morgan fingerprint density at radius 1 is 0.800 bits per heavy atom. The van der Waals surface area contributed by atoms with Crippen LogP contribution < -0.4 is 0 Å². The van der Waals surface area contributed by atoms with Crippen LogP contribution in [0.5, 0.6) is 0 Å². The topological polar surface area (TPSA) is 88.1 Å². The molecule has 0 aromatic carbocycles. The van der Waals surface area contributed by atoms with E-state index in [0.29, 0.717) is 0 Å². The van der Waals surface area contributed by atoms with Crippen molar-refractivity contribution >= 4 is 33.8 Å². The van der Waals surface area contributed by atoms with E-state index < -0.39 is 41.2 Å². The smallest absolute Gasteiger partial charge is 0.308 e. The monoisotopic (exact) mass is 422 g/mol. The van der Waals surface area contributed by atoms with E-state index in [4.69, 9.17) is 18.9 Å². The molecule has 1 aliphatic rings. The summed E-state index contributed by atoms with van der Waals surface area (Å²) in [5.41, 5.74) is 0. The van der Waals surface area contributed by atoms with E-state index in [9.17, 15) is 14.4 Å². The number of rotatable bonds is 6. The maximum Gasteiger partial charge on any atom is 0.308 e. The molecule has 0 N–H and O–H groups in total. The van der Waals surface area contributed by atoms with Crippen LogP contribution in [0.1, 0.15) is 41.5 Å². The molecule has 1 fully saturated rings. The first-order chi connectivity index (χ1) is 11.5. The summed E-state index contributed by atoms with van der Waals surface area (Å²) in [6.07, 6.45) is -2.72. The van der Waals surface area contributed by atoms with E-state index in [1.54, 1.807) is 41.5 Å². The number of esters is 3. The first-order valence-corrected chi connectivity index (χ1v) is 9.33. The van der Waals surface area contributed by atoms with Crippen molar-refractivity contribution in [2.24, 2.45) is 17.8 Å². The number of carbonyl (C=O) groups is 3. The molecular weight excluding hydrogens is 396 g/mol. The summed E-state index contributed by atoms with van der Waals surface area (Å²) in [6, 6.07) is 0. The molecule has 1 aliphatic heterocycles. The molecule has 1 saturated heterocycles. The van der Waals surface area contributed by atoms with E-state index in [1.807, 2.05) is 0 Å². The van der Waals surface area contributed by atoms with Crippen molar-refractivity contribution in [1.29, 1.82) is 0 Å².